The van der Waals surface area contributed by atoms with Gasteiger partial charge in [-0.2, -0.15) is 0 Å². The van der Waals surface area contributed by atoms with Gasteiger partial charge in [0.15, 0.2) is 5.96 Å². The van der Waals surface area contributed by atoms with E-state index >= 15 is 0 Å². The van der Waals surface area contributed by atoms with Gasteiger partial charge in [0, 0.05) is 37.0 Å². The second kappa shape index (κ2) is 11.4. The highest BCUT2D eigenvalue weighted by Crippen LogP contribution is 2.09. The monoisotopic (exact) mass is 465 g/mol. The first kappa shape index (κ1) is 20.8. The number of hydrogen-bond donors (Lipinski definition) is 2. The molecule has 132 valence electrons. The van der Waals surface area contributed by atoms with E-state index in [-0.39, 0.29) is 24.0 Å². The standard InChI is InChI=1S/C17H21F2N3S.HI/c1-2-20-17(22-8-6-16-4-3-9-23-16)21-7-5-13-10-14(18)12-15(19)11-13;/h3-4,9-12H,2,5-8H2,1H3,(H2,20,21,22);1H. The van der Waals surface area contributed by atoms with Crippen LogP contribution in [0, 0.1) is 11.6 Å². The SMILES string of the molecule is CCNC(=NCCc1cccs1)NCCc1cc(F)cc(F)c1.I. The van der Waals surface area contributed by atoms with Crippen LogP contribution in [0.25, 0.3) is 0 Å². The van der Waals surface area contributed by atoms with Gasteiger partial charge in [-0.25, -0.2) is 8.78 Å². The summed E-state index contributed by atoms with van der Waals surface area (Å²) < 4.78 is 26.3. The summed E-state index contributed by atoms with van der Waals surface area (Å²) in [5, 5.41) is 8.41. The van der Waals surface area contributed by atoms with Gasteiger partial charge in [-0.3, -0.25) is 4.99 Å². The summed E-state index contributed by atoms with van der Waals surface area (Å²) in [6.07, 6.45) is 1.44. The van der Waals surface area contributed by atoms with E-state index in [0.29, 0.717) is 25.1 Å². The Bertz CT molecular complexity index is 613. The largest absolute Gasteiger partial charge is 0.357 e. The highest BCUT2D eigenvalue weighted by atomic mass is 127. The number of benzene rings is 1. The lowest BCUT2D eigenvalue weighted by molar-refractivity contribution is 0.579. The molecule has 2 rings (SSSR count). The number of rotatable bonds is 7. The van der Waals surface area contributed by atoms with Crippen molar-refractivity contribution in [3.8, 4) is 0 Å². The van der Waals surface area contributed by atoms with Crippen LogP contribution in [0.5, 0.6) is 0 Å². The molecule has 24 heavy (non-hydrogen) atoms. The topological polar surface area (TPSA) is 36.4 Å². The molecule has 0 radical (unpaired) electrons. The van der Waals surface area contributed by atoms with Gasteiger partial charge < -0.3 is 10.6 Å². The van der Waals surface area contributed by atoms with Crippen molar-refractivity contribution in [2.75, 3.05) is 19.6 Å². The maximum absolute atomic E-state index is 13.1. The fourth-order valence-electron chi connectivity index (χ4n) is 2.16. The van der Waals surface area contributed by atoms with Crippen molar-refractivity contribution in [3.63, 3.8) is 0 Å². The van der Waals surface area contributed by atoms with Crippen LogP contribution in [0.1, 0.15) is 17.4 Å². The summed E-state index contributed by atoms with van der Waals surface area (Å²) >= 11 is 1.72. The van der Waals surface area contributed by atoms with Crippen molar-refractivity contribution in [2.45, 2.75) is 19.8 Å². The third-order valence-electron chi connectivity index (χ3n) is 3.18. The predicted octanol–water partition coefficient (Wildman–Crippen LogP) is 3.98. The van der Waals surface area contributed by atoms with Crippen molar-refractivity contribution in [1.29, 1.82) is 0 Å². The van der Waals surface area contributed by atoms with Gasteiger partial charge in [-0.1, -0.05) is 6.07 Å². The summed E-state index contributed by atoms with van der Waals surface area (Å²) in [5.41, 5.74) is 0.629. The molecule has 0 saturated heterocycles. The minimum Gasteiger partial charge on any atom is -0.357 e. The molecule has 0 aliphatic carbocycles. The van der Waals surface area contributed by atoms with Crippen molar-refractivity contribution in [2.24, 2.45) is 4.99 Å². The number of guanidine groups is 1. The second-order valence-electron chi connectivity index (χ2n) is 5.04. The molecule has 0 unspecified atom stereocenters. The van der Waals surface area contributed by atoms with E-state index in [9.17, 15) is 8.78 Å². The molecule has 0 aliphatic rings. The Balaban J connectivity index is 0.00000288. The van der Waals surface area contributed by atoms with E-state index in [1.165, 1.54) is 17.0 Å². The average molecular weight is 465 g/mol. The zero-order valence-electron chi connectivity index (χ0n) is 13.5. The highest BCUT2D eigenvalue weighted by molar-refractivity contribution is 14.0. The molecule has 0 fully saturated rings. The molecular formula is C17H22F2IN3S. The molecule has 2 N–H and O–H groups in total. The smallest absolute Gasteiger partial charge is 0.191 e. The van der Waals surface area contributed by atoms with Crippen LogP contribution >= 0.6 is 35.3 Å². The lowest BCUT2D eigenvalue weighted by atomic mass is 10.1. The molecule has 3 nitrogen and oxygen atoms in total. The van der Waals surface area contributed by atoms with Gasteiger partial charge in [0.25, 0.3) is 0 Å². The molecule has 0 spiro atoms. The Morgan fingerprint density at radius 1 is 1.12 bits per heavy atom. The Morgan fingerprint density at radius 2 is 1.88 bits per heavy atom. The van der Waals surface area contributed by atoms with E-state index in [1.807, 2.05) is 13.0 Å². The summed E-state index contributed by atoms with van der Waals surface area (Å²) in [7, 11) is 0. The Kier molecular flexibility index (Phi) is 9.85. The average Bonchev–Trinajstić information content (AvgIpc) is 2.99. The molecule has 7 heteroatoms. The first-order chi connectivity index (χ1) is 11.2. The molecule has 1 aromatic carbocycles. The summed E-state index contributed by atoms with van der Waals surface area (Å²) in [6, 6.07) is 7.72. The number of nitrogens with zero attached hydrogens (tertiary/aromatic N) is 1. The third kappa shape index (κ3) is 7.57. The maximum atomic E-state index is 13.1. The molecule has 1 aromatic heterocycles. The molecule has 0 amide bonds. The van der Waals surface area contributed by atoms with E-state index in [1.54, 1.807) is 11.3 Å². The van der Waals surface area contributed by atoms with Crippen LogP contribution in [0.3, 0.4) is 0 Å². The zero-order valence-corrected chi connectivity index (χ0v) is 16.7. The van der Waals surface area contributed by atoms with Crippen molar-refractivity contribution < 1.29 is 8.78 Å². The Hall–Kier alpha value is -1.22. The Labute approximate surface area is 162 Å². The van der Waals surface area contributed by atoms with Gasteiger partial charge >= 0.3 is 0 Å². The maximum Gasteiger partial charge on any atom is 0.191 e. The highest BCUT2D eigenvalue weighted by Gasteiger charge is 2.02. The predicted molar refractivity (Wildman–Crippen MR) is 107 cm³/mol. The normalized spacial score (nSPS) is 11.0. The van der Waals surface area contributed by atoms with Gasteiger partial charge in [0.2, 0.25) is 0 Å². The lowest BCUT2D eigenvalue weighted by Gasteiger charge is -2.11. The van der Waals surface area contributed by atoms with Crippen LogP contribution in [-0.4, -0.2) is 25.6 Å². The number of aliphatic imine (C=N–C) groups is 1. The molecule has 0 atom stereocenters. The summed E-state index contributed by atoms with van der Waals surface area (Å²) in [5.74, 6) is -0.367. The number of nitrogens with one attached hydrogen (secondary N) is 2. The molecule has 2 aromatic rings. The quantitative estimate of drug-likeness (QED) is 0.369. The van der Waals surface area contributed by atoms with E-state index in [4.69, 9.17) is 0 Å². The van der Waals surface area contributed by atoms with Gasteiger partial charge in [0.05, 0.1) is 0 Å². The summed E-state index contributed by atoms with van der Waals surface area (Å²) in [4.78, 5) is 5.81. The van der Waals surface area contributed by atoms with Gasteiger partial charge in [-0.05, 0) is 42.5 Å². The minimum absolute atomic E-state index is 0. The van der Waals surface area contributed by atoms with Crippen LogP contribution in [0.15, 0.2) is 40.7 Å². The molecule has 1 heterocycles. The number of thiophene rings is 1. The minimum atomic E-state index is -0.545. The van der Waals surface area contributed by atoms with E-state index in [2.05, 4.69) is 27.1 Å². The van der Waals surface area contributed by atoms with Crippen LogP contribution in [-0.2, 0) is 12.8 Å². The number of hydrogen-bond acceptors (Lipinski definition) is 2. The van der Waals surface area contributed by atoms with Crippen molar-refractivity contribution in [1.82, 2.24) is 10.6 Å². The van der Waals surface area contributed by atoms with Crippen LogP contribution in [0.4, 0.5) is 8.78 Å². The van der Waals surface area contributed by atoms with E-state index in [0.717, 1.165) is 25.0 Å². The molecule has 0 saturated carbocycles. The first-order valence-corrected chi connectivity index (χ1v) is 8.55. The van der Waals surface area contributed by atoms with Crippen LogP contribution in [0.2, 0.25) is 0 Å². The lowest BCUT2D eigenvalue weighted by Crippen LogP contribution is -2.38. The zero-order chi connectivity index (χ0) is 16.5. The Morgan fingerprint density at radius 3 is 2.50 bits per heavy atom. The second-order valence-corrected chi connectivity index (χ2v) is 6.08. The van der Waals surface area contributed by atoms with Crippen molar-refractivity contribution in [3.05, 3.63) is 57.8 Å². The van der Waals surface area contributed by atoms with Crippen LogP contribution < -0.4 is 10.6 Å². The molecular weight excluding hydrogens is 443 g/mol. The number of halogens is 3. The fraction of sp³-hybridized carbons (Fsp3) is 0.353. The molecule has 0 bridgehead atoms. The molecule has 0 aliphatic heterocycles. The first-order valence-electron chi connectivity index (χ1n) is 7.67. The summed E-state index contributed by atoms with van der Waals surface area (Å²) in [6.45, 7) is 4.02. The van der Waals surface area contributed by atoms with E-state index < -0.39 is 11.6 Å². The fourth-order valence-corrected chi connectivity index (χ4v) is 2.85. The van der Waals surface area contributed by atoms with Crippen molar-refractivity contribution >= 4 is 41.3 Å². The van der Waals surface area contributed by atoms with Gasteiger partial charge in [0.1, 0.15) is 11.6 Å². The van der Waals surface area contributed by atoms with Gasteiger partial charge in [-0.15, -0.1) is 35.3 Å². The third-order valence-corrected chi connectivity index (χ3v) is 4.12.